The monoisotopic (exact) mass is 422 g/mol. The number of hydrogen-bond donors (Lipinski definition) is 1. The van der Waals surface area contributed by atoms with Crippen LogP contribution in [0.15, 0.2) is 82.3 Å². The van der Waals surface area contributed by atoms with Gasteiger partial charge in [-0.1, -0.05) is 47.7 Å². The van der Waals surface area contributed by atoms with Crippen molar-refractivity contribution in [2.45, 2.75) is 18.4 Å². The molecule has 1 amide bonds. The SMILES string of the molecule is Cc1ccc(S(=O)(=O)N(CC(=O)NCC#Cc2ccccc2)Cc2ccco2)cc1. The number of aryl methyl sites for hydroxylation is 1. The Morgan fingerprint density at radius 2 is 1.77 bits per heavy atom. The second-order valence-corrected chi connectivity index (χ2v) is 8.55. The third-order valence-corrected chi connectivity index (χ3v) is 6.08. The van der Waals surface area contributed by atoms with Crippen molar-refractivity contribution in [2.24, 2.45) is 0 Å². The van der Waals surface area contributed by atoms with E-state index in [1.165, 1.54) is 18.4 Å². The quantitative estimate of drug-likeness (QED) is 0.594. The third-order valence-electron chi connectivity index (χ3n) is 4.27. The molecule has 154 valence electrons. The summed E-state index contributed by atoms with van der Waals surface area (Å²) in [6.45, 7) is 1.60. The van der Waals surface area contributed by atoms with Crippen LogP contribution >= 0.6 is 0 Å². The Morgan fingerprint density at radius 3 is 2.43 bits per heavy atom. The molecule has 3 aromatic rings. The Balaban J connectivity index is 1.70. The van der Waals surface area contributed by atoms with Crippen molar-refractivity contribution in [2.75, 3.05) is 13.1 Å². The first kappa shape index (κ1) is 21.4. The lowest BCUT2D eigenvalue weighted by Gasteiger charge is -2.20. The predicted molar refractivity (Wildman–Crippen MR) is 114 cm³/mol. The van der Waals surface area contributed by atoms with Gasteiger partial charge in [0.2, 0.25) is 15.9 Å². The molecule has 0 unspecified atom stereocenters. The summed E-state index contributed by atoms with van der Waals surface area (Å²) in [6.07, 6.45) is 1.46. The van der Waals surface area contributed by atoms with Gasteiger partial charge in [0, 0.05) is 5.56 Å². The highest BCUT2D eigenvalue weighted by Crippen LogP contribution is 2.19. The fraction of sp³-hybridized carbons (Fsp3) is 0.174. The van der Waals surface area contributed by atoms with Gasteiger partial charge in [0.25, 0.3) is 0 Å². The highest BCUT2D eigenvalue weighted by Gasteiger charge is 2.27. The summed E-state index contributed by atoms with van der Waals surface area (Å²) in [7, 11) is -3.89. The van der Waals surface area contributed by atoms with Crippen molar-refractivity contribution in [1.29, 1.82) is 0 Å². The van der Waals surface area contributed by atoms with Crippen molar-refractivity contribution >= 4 is 15.9 Å². The Hall–Kier alpha value is -3.34. The Labute approximate surface area is 176 Å². The molecule has 0 aliphatic carbocycles. The van der Waals surface area contributed by atoms with Crippen molar-refractivity contribution in [3.63, 3.8) is 0 Å². The van der Waals surface area contributed by atoms with Gasteiger partial charge >= 0.3 is 0 Å². The van der Waals surface area contributed by atoms with Gasteiger partial charge in [0.15, 0.2) is 0 Å². The maximum absolute atomic E-state index is 13.1. The summed E-state index contributed by atoms with van der Waals surface area (Å²) in [6, 6.07) is 19.2. The zero-order valence-corrected chi connectivity index (χ0v) is 17.4. The molecule has 30 heavy (non-hydrogen) atoms. The molecule has 0 aliphatic heterocycles. The van der Waals surface area contributed by atoms with Crippen LogP contribution in [-0.2, 0) is 21.4 Å². The van der Waals surface area contributed by atoms with Gasteiger partial charge in [-0.2, -0.15) is 4.31 Å². The Morgan fingerprint density at radius 1 is 1.03 bits per heavy atom. The van der Waals surface area contributed by atoms with E-state index >= 15 is 0 Å². The zero-order valence-electron chi connectivity index (χ0n) is 16.5. The van der Waals surface area contributed by atoms with Crippen molar-refractivity contribution < 1.29 is 17.6 Å². The molecule has 1 N–H and O–H groups in total. The zero-order chi connectivity index (χ0) is 21.4. The molecule has 3 rings (SSSR count). The van der Waals surface area contributed by atoms with E-state index in [9.17, 15) is 13.2 Å². The topological polar surface area (TPSA) is 79.6 Å². The number of rotatable bonds is 7. The van der Waals surface area contributed by atoms with Crippen molar-refractivity contribution in [1.82, 2.24) is 9.62 Å². The van der Waals surface area contributed by atoms with E-state index in [4.69, 9.17) is 4.42 Å². The van der Waals surface area contributed by atoms with Crippen LogP contribution in [0.2, 0.25) is 0 Å². The van der Waals surface area contributed by atoms with Crippen LogP contribution in [-0.4, -0.2) is 31.7 Å². The van der Waals surface area contributed by atoms with E-state index in [-0.39, 0.29) is 24.5 Å². The number of hydrogen-bond acceptors (Lipinski definition) is 4. The van der Waals surface area contributed by atoms with Crippen LogP contribution in [0.3, 0.4) is 0 Å². The summed E-state index contributed by atoms with van der Waals surface area (Å²) >= 11 is 0. The lowest BCUT2D eigenvalue weighted by atomic mass is 10.2. The maximum Gasteiger partial charge on any atom is 0.243 e. The van der Waals surface area contributed by atoms with Crippen molar-refractivity contribution in [3.05, 3.63) is 89.9 Å². The van der Waals surface area contributed by atoms with Gasteiger partial charge in [-0.25, -0.2) is 8.42 Å². The molecule has 1 heterocycles. The third kappa shape index (κ3) is 5.83. The highest BCUT2D eigenvalue weighted by molar-refractivity contribution is 7.89. The van der Waals surface area contributed by atoms with Crippen LogP contribution in [0.1, 0.15) is 16.9 Å². The molecule has 7 heteroatoms. The number of amides is 1. The maximum atomic E-state index is 13.1. The second-order valence-electron chi connectivity index (χ2n) is 6.61. The second kappa shape index (κ2) is 9.92. The van der Waals surface area contributed by atoms with E-state index in [0.717, 1.165) is 15.4 Å². The van der Waals surface area contributed by atoms with Crippen molar-refractivity contribution in [3.8, 4) is 11.8 Å². The minimum atomic E-state index is -3.89. The molecule has 1 aromatic heterocycles. The lowest BCUT2D eigenvalue weighted by molar-refractivity contribution is -0.121. The molecule has 2 aromatic carbocycles. The molecule has 0 radical (unpaired) electrons. The number of carbonyl (C=O) groups is 1. The summed E-state index contributed by atoms with van der Waals surface area (Å²) in [5.41, 5.74) is 1.79. The molecule has 0 spiro atoms. The Bertz CT molecular complexity index is 1130. The number of nitrogens with one attached hydrogen (secondary N) is 1. The number of carbonyl (C=O) groups excluding carboxylic acids is 1. The van der Waals surface area contributed by atoms with E-state index in [1.807, 2.05) is 37.3 Å². The van der Waals surface area contributed by atoms with Crippen LogP contribution in [0.5, 0.6) is 0 Å². The Kier molecular flexibility index (Phi) is 7.07. The highest BCUT2D eigenvalue weighted by atomic mass is 32.2. The molecule has 0 aliphatic rings. The first-order chi connectivity index (χ1) is 14.4. The van der Waals surface area contributed by atoms with Crippen LogP contribution in [0, 0.1) is 18.8 Å². The van der Waals surface area contributed by atoms with Gasteiger partial charge in [0.1, 0.15) is 5.76 Å². The number of benzene rings is 2. The minimum Gasteiger partial charge on any atom is -0.468 e. The van der Waals surface area contributed by atoms with Crippen LogP contribution < -0.4 is 5.32 Å². The molecule has 6 nitrogen and oxygen atoms in total. The van der Waals surface area contributed by atoms with Gasteiger partial charge in [-0.15, -0.1) is 0 Å². The normalized spacial score (nSPS) is 11.0. The first-order valence-electron chi connectivity index (χ1n) is 9.35. The van der Waals surface area contributed by atoms with Gasteiger partial charge in [-0.05, 0) is 43.3 Å². The number of sulfonamides is 1. The molecule has 0 fully saturated rings. The summed E-state index contributed by atoms with van der Waals surface area (Å²) < 4.78 is 32.6. The van der Waals surface area contributed by atoms with E-state index in [0.29, 0.717) is 5.76 Å². The van der Waals surface area contributed by atoms with Crippen LogP contribution in [0.25, 0.3) is 0 Å². The molecule has 0 saturated carbocycles. The van der Waals surface area contributed by atoms with Gasteiger partial charge in [0.05, 0.1) is 30.8 Å². The lowest BCUT2D eigenvalue weighted by Crippen LogP contribution is -2.40. The summed E-state index contributed by atoms with van der Waals surface area (Å²) in [5, 5.41) is 2.65. The molecular weight excluding hydrogens is 400 g/mol. The van der Waals surface area contributed by atoms with E-state index in [2.05, 4.69) is 17.2 Å². The summed E-state index contributed by atoms with van der Waals surface area (Å²) in [5.74, 6) is 5.80. The fourth-order valence-electron chi connectivity index (χ4n) is 2.69. The molecule has 0 atom stereocenters. The average Bonchev–Trinajstić information content (AvgIpc) is 3.25. The smallest absolute Gasteiger partial charge is 0.243 e. The fourth-order valence-corrected chi connectivity index (χ4v) is 4.05. The molecular formula is C23H22N2O4S. The average molecular weight is 423 g/mol. The molecule has 0 bridgehead atoms. The minimum absolute atomic E-state index is 0.0493. The van der Waals surface area contributed by atoms with Gasteiger partial charge in [-0.3, -0.25) is 4.79 Å². The first-order valence-corrected chi connectivity index (χ1v) is 10.8. The van der Waals surface area contributed by atoms with E-state index < -0.39 is 15.9 Å². The standard InChI is InChI=1S/C23H22N2O4S/c1-19-11-13-22(14-12-19)30(27,28)25(17-21-10-6-16-29-21)18-23(26)24-15-5-9-20-7-3-2-4-8-20/h2-4,6-8,10-14,16H,15,17-18H2,1H3,(H,24,26). The number of nitrogens with zero attached hydrogens (tertiary/aromatic N) is 1. The summed E-state index contributed by atoms with van der Waals surface area (Å²) in [4.78, 5) is 12.5. The van der Waals surface area contributed by atoms with E-state index in [1.54, 1.807) is 24.3 Å². The molecule has 0 saturated heterocycles. The largest absolute Gasteiger partial charge is 0.468 e. The predicted octanol–water partition coefficient (Wildman–Crippen LogP) is 2.95. The van der Waals surface area contributed by atoms with Gasteiger partial charge < -0.3 is 9.73 Å². The van der Waals surface area contributed by atoms with Crippen LogP contribution in [0.4, 0.5) is 0 Å². The number of furan rings is 1.